The maximum atomic E-state index is 11.6. The fourth-order valence-corrected chi connectivity index (χ4v) is 1.83. The molecule has 0 unspecified atom stereocenters. The summed E-state index contributed by atoms with van der Waals surface area (Å²) >= 11 is 0. The van der Waals surface area contributed by atoms with Crippen LogP contribution in [0.15, 0.2) is 24.3 Å². The molecular formula is C14H19N3O4. The van der Waals surface area contributed by atoms with Gasteiger partial charge in [0.1, 0.15) is 12.4 Å². The quantitative estimate of drug-likeness (QED) is 0.575. The van der Waals surface area contributed by atoms with Gasteiger partial charge in [-0.3, -0.25) is 19.8 Å². The second-order valence-electron chi connectivity index (χ2n) is 5.18. The number of carbonyl (C=O) groups is 1. The number of carbonyl (C=O) groups excluding carboxylic acids is 1. The first-order valence-corrected chi connectivity index (χ1v) is 6.90. The van der Waals surface area contributed by atoms with Gasteiger partial charge in [0.25, 0.3) is 5.69 Å². The van der Waals surface area contributed by atoms with E-state index >= 15 is 0 Å². The van der Waals surface area contributed by atoms with E-state index in [0.29, 0.717) is 31.5 Å². The predicted octanol–water partition coefficient (Wildman–Crippen LogP) is 1.18. The first-order chi connectivity index (χ1) is 10.0. The molecule has 7 heteroatoms. The van der Waals surface area contributed by atoms with Crippen LogP contribution in [0.25, 0.3) is 0 Å². The number of hydrogen-bond acceptors (Lipinski definition) is 5. The molecule has 0 atom stereocenters. The zero-order valence-corrected chi connectivity index (χ0v) is 11.9. The summed E-state index contributed by atoms with van der Waals surface area (Å²) in [6, 6.07) is 6.43. The van der Waals surface area contributed by atoms with Crippen molar-refractivity contribution < 1.29 is 14.5 Å². The van der Waals surface area contributed by atoms with Gasteiger partial charge in [-0.1, -0.05) is 6.07 Å². The Morgan fingerprint density at radius 2 is 2.29 bits per heavy atom. The normalized spacial score (nSPS) is 14.0. The highest BCUT2D eigenvalue weighted by Crippen LogP contribution is 2.19. The summed E-state index contributed by atoms with van der Waals surface area (Å²) in [5, 5.41) is 13.6. The maximum Gasteiger partial charge on any atom is 0.273 e. The number of nitro groups is 1. The number of nitrogens with zero attached hydrogens (tertiary/aromatic N) is 2. The molecule has 1 aliphatic rings. The molecule has 1 N–H and O–H groups in total. The minimum Gasteiger partial charge on any atom is -0.492 e. The van der Waals surface area contributed by atoms with Crippen LogP contribution < -0.4 is 10.1 Å². The molecule has 1 aromatic rings. The predicted molar refractivity (Wildman–Crippen MR) is 77.3 cm³/mol. The summed E-state index contributed by atoms with van der Waals surface area (Å²) in [7, 11) is 1.84. The van der Waals surface area contributed by atoms with Crippen molar-refractivity contribution in [3.63, 3.8) is 0 Å². The van der Waals surface area contributed by atoms with Crippen molar-refractivity contribution in [2.75, 3.05) is 26.7 Å². The fraction of sp³-hybridized carbons (Fsp3) is 0.500. The Labute approximate surface area is 123 Å². The SMILES string of the molecule is CN(CCOc1cccc([N+](=O)[O-])c1)CC(=O)NC1CC1. The summed E-state index contributed by atoms with van der Waals surface area (Å²) in [4.78, 5) is 23.6. The Morgan fingerprint density at radius 1 is 1.52 bits per heavy atom. The number of non-ortho nitro benzene ring substituents is 1. The van der Waals surface area contributed by atoms with Crippen LogP contribution in [-0.2, 0) is 4.79 Å². The van der Waals surface area contributed by atoms with Crippen LogP contribution in [0.5, 0.6) is 5.75 Å². The average molecular weight is 293 g/mol. The second kappa shape index (κ2) is 7.03. The number of likely N-dealkylation sites (N-methyl/N-ethyl adjacent to an activating group) is 1. The van der Waals surface area contributed by atoms with Gasteiger partial charge in [0, 0.05) is 18.7 Å². The van der Waals surface area contributed by atoms with E-state index in [9.17, 15) is 14.9 Å². The summed E-state index contributed by atoms with van der Waals surface area (Å²) in [5.41, 5.74) is 0.00432. The molecule has 21 heavy (non-hydrogen) atoms. The highest BCUT2D eigenvalue weighted by Gasteiger charge is 2.23. The molecule has 1 amide bonds. The standard InChI is InChI=1S/C14H19N3O4/c1-16(10-14(18)15-11-5-6-11)7-8-21-13-4-2-3-12(9-13)17(19)20/h2-4,9,11H,5-8,10H2,1H3,(H,15,18). The monoisotopic (exact) mass is 293 g/mol. The van der Waals surface area contributed by atoms with Gasteiger partial charge in [0.05, 0.1) is 17.5 Å². The van der Waals surface area contributed by atoms with E-state index in [-0.39, 0.29) is 11.6 Å². The molecule has 1 aliphatic carbocycles. The summed E-state index contributed by atoms with van der Waals surface area (Å²) < 4.78 is 5.46. The van der Waals surface area contributed by atoms with Crippen LogP contribution in [0, 0.1) is 10.1 Å². The van der Waals surface area contributed by atoms with Gasteiger partial charge in [-0.2, -0.15) is 0 Å². The lowest BCUT2D eigenvalue weighted by molar-refractivity contribution is -0.384. The van der Waals surface area contributed by atoms with Crippen molar-refractivity contribution in [1.82, 2.24) is 10.2 Å². The van der Waals surface area contributed by atoms with E-state index in [2.05, 4.69) is 5.32 Å². The van der Waals surface area contributed by atoms with Crippen LogP contribution in [0.4, 0.5) is 5.69 Å². The molecule has 0 saturated heterocycles. The van der Waals surface area contributed by atoms with Gasteiger partial charge in [-0.05, 0) is 26.0 Å². The molecule has 1 aromatic carbocycles. The minimum absolute atomic E-state index is 0.00432. The number of benzene rings is 1. The second-order valence-corrected chi connectivity index (χ2v) is 5.18. The number of nitrogens with one attached hydrogen (secondary N) is 1. The lowest BCUT2D eigenvalue weighted by atomic mass is 10.3. The third-order valence-corrected chi connectivity index (χ3v) is 3.13. The highest BCUT2D eigenvalue weighted by atomic mass is 16.6. The Balaban J connectivity index is 1.69. The molecule has 0 spiro atoms. The van der Waals surface area contributed by atoms with Crippen LogP contribution >= 0.6 is 0 Å². The van der Waals surface area contributed by atoms with Gasteiger partial charge < -0.3 is 10.1 Å². The van der Waals surface area contributed by atoms with E-state index in [0.717, 1.165) is 12.8 Å². The fourth-order valence-electron chi connectivity index (χ4n) is 1.83. The van der Waals surface area contributed by atoms with Gasteiger partial charge in [0.15, 0.2) is 0 Å². The molecular weight excluding hydrogens is 274 g/mol. The lowest BCUT2D eigenvalue weighted by Gasteiger charge is -2.16. The van der Waals surface area contributed by atoms with Gasteiger partial charge in [-0.25, -0.2) is 0 Å². The van der Waals surface area contributed by atoms with Crippen LogP contribution in [0.1, 0.15) is 12.8 Å². The first-order valence-electron chi connectivity index (χ1n) is 6.90. The summed E-state index contributed by atoms with van der Waals surface area (Å²) in [6.45, 7) is 1.27. The first kappa shape index (κ1) is 15.2. The van der Waals surface area contributed by atoms with Gasteiger partial charge in [0.2, 0.25) is 5.91 Å². The topological polar surface area (TPSA) is 84.7 Å². The van der Waals surface area contributed by atoms with Crippen LogP contribution in [0.2, 0.25) is 0 Å². The molecule has 114 valence electrons. The van der Waals surface area contributed by atoms with Crippen molar-refractivity contribution in [3.8, 4) is 5.75 Å². The Bertz CT molecular complexity index is 517. The molecule has 0 aromatic heterocycles. The molecule has 7 nitrogen and oxygen atoms in total. The van der Waals surface area contributed by atoms with E-state index in [1.807, 2.05) is 11.9 Å². The van der Waals surface area contributed by atoms with Gasteiger partial charge in [-0.15, -0.1) is 0 Å². The average Bonchev–Trinajstić information content (AvgIpc) is 3.22. The van der Waals surface area contributed by atoms with E-state index < -0.39 is 4.92 Å². The molecule has 0 aliphatic heterocycles. The number of rotatable bonds is 8. The molecule has 0 radical (unpaired) electrons. The number of ether oxygens (including phenoxy) is 1. The zero-order valence-electron chi connectivity index (χ0n) is 11.9. The molecule has 1 saturated carbocycles. The Morgan fingerprint density at radius 3 is 2.95 bits per heavy atom. The minimum atomic E-state index is -0.457. The number of hydrogen-bond donors (Lipinski definition) is 1. The third kappa shape index (κ3) is 5.39. The molecule has 1 fully saturated rings. The maximum absolute atomic E-state index is 11.6. The van der Waals surface area contributed by atoms with Gasteiger partial charge >= 0.3 is 0 Å². The number of amides is 1. The number of nitro benzene ring substituents is 1. The molecule has 0 heterocycles. The molecule has 2 rings (SSSR count). The van der Waals surface area contributed by atoms with Crippen molar-refractivity contribution in [2.45, 2.75) is 18.9 Å². The zero-order chi connectivity index (χ0) is 15.2. The summed E-state index contributed by atoms with van der Waals surface area (Å²) in [5.74, 6) is 0.482. The Hall–Kier alpha value is -2.15. The third-order valence-electron chi connectivity index (χ3n) is 3.13. The van der Waals surface area contributed by atoms with E-state index in [1.165, 1.54) is 12.1 Å². The largest absolute Gasteiger partial charge is 0.492 e. The summed E-state index contributed by atoms with van der Waals surface area (Å²) in [6.07, 6.45) is 2.15. The van der Waals surface area contributed by atoms with Crippen LogP contribution in [0.3, 0.4) is 0 Å². The van der Waals surface area contributed by atoms with Crippen molar-refractivity contribution in [3.05, 3.63) is 34.4 Å². The van der Waals surface area contributed by atoms with Crippen LogP contribution in [-0.4, -0.2) is 48.5 Å². The van der Waals surface area contributed by atoms with E-state index in [4.69, 9.17) is 4.74 Å². The molecule has 0 bridgehead atoms. The van der Waals surface area contributed by atoms with Crippen molar-refractivity contribution in [1.29, 1.82) is 0 Å². The smallest absolute Gasteiger partial charge is 0.273 e. The Kier molecular flexibility index (Phi) is 5.10. The van der Waals surface area contributed by atoms with Crippen molar-refractivity contribution >= 4 is 11.6 Å². The lowest BCUT2D eigenvalue weighted by Crippen LogP contribution is -2.37. The van der Waals surface area contributed by atoms with E-state index in [1.54, 1.807) is 12.1 Å². The highest BCUT2D eigenvalue weighted by molar-refractivity contribution is 5.78. The van der Waals surface area contributed by atoms with Crippen molar-refractivity contribution in [2.24, 2.45) is 0 Å².